The van der Waals surface area contributed by atoms with Crippen molar-refractivity contribution in [2.45, 2.75) is 6.43 Å². The zero-order chi connectivity index (χ0) is 10.9. The third kappa shape index (κ3) is 1.70. The zero-order valence-corrected chi connectivity index (χ0v) is 6.75. The van der Waals surface area contributed by atoms with Gasteiger partial charge in [0.05, 0.1) is 0 Å². The number of hydrogen-bond donors (Lipinski definition) is 3. The molecule has 0 radical (unpaired) electrons. The molecule has 0 bridgehead atoms. The number of nitrogens with one attached hydrogen (secondary N) is 1. The van der Waals surface area contributed by atoms with Crippen LogP contribution in [0.1, 0.15) is 22.3 Å². The lowest BCUT2D eigenvalue weighted by atomic mass is 10.1. The molecule has 0 aliphatic carbocycles. The highest BCUT2D eigenvalue weighted by Gasteiger charge is 2.21. The first-order valence-corrected chi connectivity index (χ1v) is 3.47. The van der Waals surface area contributed by atoms with Gasteiger partial charge in [-0.1, -0.05) is 0 Å². The van der Waals surface area contributed by atoms with E-state index in [1.807, 2.05) is 4.98 Å². The van der Waals surface area contributed by atoms with Gasteiger partial charge in [-0.25, -0.2) is 13.6 Å². The second-order valence-electron chi connectivity index (χ2n) is 2.49. The van der Waals surface area contributed by atoms with Crippen molar-refractivity contribution in [2.24, 2.45) is 0 Å². The van der Waals surface area contributed by atoms with Crippen molar-refractivity contribution in [3.8, 4) is 0 Å². The normalized spacial score (nSPS) is 10.5. The number of nitrogen functional groups attached to an aromatic ring is 1. The standard InChI is InChI=1S/C7H6F2N2O3/c8-5(9)2-1-3(10)11-6(12)4(2)7(13)14/h1,5H,(H,13,14)(H3,10,11,12). The number of H-pyrrole nitrogens is 1. The van der Waals surface area contributed by atoms with Gasteiger partial charge in [-0.05, 0) is 6.07 Å². The van der Waals surface area contributed by atoms with Crippen molar-refractivity contribution < 1.29 is 18.7 Å². The molecule has 0 unspecified atom stereocenters. The van der Waals surface area contributed by atoms with Crippen molar-refractivity contribution in [1.29, 1.82) is 0 Å². The number of anilines is 1. The minimum absolute atomic E-state index is 0.296. The van der Waals surface area contributed by atoms with Gasteiger partial charge < -0.3 is 15.8 Å². The Kier molecular flexibility index (Phi) is 2.50. The van der Waals surface area contributed by atoms with E-state index < -0.39 is 29.1 Å². The SMILES string of the molecule is Nc1cc(C(F)F)c(C(=O)O)c(=O)[nH]1. The average Bonchev–Trinajstić information content (AvgIpc) is 2.01. The lowest BCUT2D eigenvalue weighted by molar-refractivity contribution is 0.0682. The third-order valence-corrected chi connectivity index (χ3v) is 1.53. The lowest BCUT2D eigenvalue weighted by Gasteiger charge is -2.04. The smallest absolute Gasteiger partial charge is 0.341 e. The van der Waals surface area contributed by atoms with E-state index in [2.05, 4.69) is 0 Å². The number of rotatable bonds is 2. The summed E-state index contributed by atoms with van der Waals surface area (Å²) in [5, 5.41) is 8.49. The maximum Gasteiger partial charge on any atom is 0.341 e. The van der Waals surface area contributed by atoms with Gasteiger partial charge >= 0.3 is 5.97 Å². The summed E-state index contributed by atoms with van der Waals surface area (Å²) >= 11 is 0. The predicted molar refractivity (Wildman–Crippen MR) is 43.4 cm³/mol. The molecule has 5 nitrogen and oxygen atoms in total. The van der Waals surface area contributed by atoms with Crippen LogP contribution in [0, 0.1) is 0 Å². The number of carbonyl (C=O) groups is 1. The molecule has 76 valence electrons. The fourth-order valence-corrected chi connectivity index (χ4v) is 0.993. The Morgan fingerprint density at radius 1 is 1.57 bits per heavy atom. The fraction of sp³-hybridized carbons (Fsp3) is 0.143. The molecule has 0 spiro atoms. The van der Waals surface area contributed by atoms with Gasteiger partial charge in [-0.2, -0.15) is 0 Å². The van der Waals surface area contributed by atoms with E-state index in [1.165, 1.54) is 0 Å². The summed E-state index contributed by atoms with van der Waals surface area (Å²) in [6.07, 6.45) is -3.05. The number of carboxylic acid groups (broad SMARTS) is 1. The quantitative estimate of drug-likeness (QED) is 0.656. The number of aromatic amines is 1. The van der Waals surface area contributed by atoms with Gasteiger partial charge in [-0.15, -0.1) is 0 Å². The Hall–Kier alpha value is -1.92. The van der Waals surface area contributed by atoms with E-state index in [9.17, 15) is 18.4 Å². The van der Waals surface area contributed by atoms with Crippen molar-refractivity contribution in [3.05, 3.63) is 27.5 Å². The van der Waals surface area contributed by atoms with Crippen LogP contribution in [0.2, 0.25) is 0 Å². The van der Waals surface area contributed by atoms with E-state index in [1.54, 1.807) is 0 Å². The summed E-state index contributed by atoms with van der Waals surface area (Å²) in [5.41, 5.74) is 2.10. The van der Waals surface area contributed by atoms with Gasteiger partial charge in [-0.3, -0.25) is 4.79 Å². The summed E-state index contributed by atoms with van der Waals surface area (Å²) in [6, 6.07) is 0.732. The molecule has 14 heavy (non-hydrogen) atoms. The Morgan fingerprint density at radius 3 is 2.57 bits per heavy atom. The molecule has 1 aromatic rings. The molecule has 0 aromatic carbocycles. The minimum Gasteiger partial charge on any atom is -0.477 e. The Balaban J connectivity index is 3.53. The summed E-state index contributed by atoms with van der Waals surface area (Å²) in [7, 11) is 0. The Bertz CT molecular complexity index is 427. The average molecular weight is 204 g/mol. The second kappa shape index (κ2) is 3.44. The van der Waals surface area contributed by atoms with E-state index >= 15 is 0 Å². The molecule has 0 atom stereocenters. The van der Waals surface area contributed by atoms with Crippen molar-refractivity contribution >= 4 is 11.8 Å². The molecule has 0 aliphatic heterocycles. The van der Waals surface area contributed by atoms with Crippen molar-refractivity contribution in [3.63, 3.8) is 0 Å². The fourth-order valence-electron chi connectivity index (χ4n) is 0.993. The number of halogens is 2. The first-order chi connectivity index (χ1) is 6.43. The highest BCUT2D eigenvalue weighted by Crippen LogP contribution is 2.21. The maximum absolute atomic E-state index is 12.3. The molecule has 1 aromatic heterocycles. The monoisotopic (exact) mass is 204 g/mol. The molecular formula is C7H6F2N2O3. The van der Waals surface area contributed by atoms with Gasteiger partial charge in [0.25, 0.3) is 12.0 Å². The molecule has 0 saturated carbocycles. The van der Waals surface area contributed by atoms with Gasteiger partial charge in [0.15, 0.2) is 0 Å². The van der Waals surface area contributed by atoms with Gasteiger partial charge in [0.1, 0.15) is 11.4 Å². The van der Waals surface area contributed by atoms with E-state index in [0.29, 0.717) is 0 Å². The molecule has 0 aliphatic rings. The summed E-state index contributed by atoms with van der Waals surface area (Å²) in [4.78, 5) is 23.3. The first kappa shape index (κ1) is 10.2. The van der Waals surface area contributed by atoms with Crippen LogP contribution < -0.4 is 11.3 Å². The Morgan fingerprint density at radius 2 is 2.14 bits per heavy atom. The Labute approximate surface area is 76.2 Å². The summed E-state index contributed by atoms with van der Waals surface area (Å²) in [6.45, 7) is 0. The van der Waals surface area contributed by atoms with Crippen LogP contribution in [-0.4, -0.2) is 16.1 Å². The summed E-state index contributed by atoms with van der Waals surface area (Å²) < 4.78 is 24.6. The highest BCUT2D eigenvalue weighted by atomic mass is 19.3. The van der Waals surface area contributed by atoms with Crippen LogP contribution >= 0.6 is 0 Å². The molecule has 0 amide bonds. The number of hydrogen-bond acceptors (Lipinski definition) is 3. The number of pyridine rings is 1. The molecule has 7 heteroatoms. The zero-order valence-electron chi connectivity index (χ0n) is 6.75. The van der Waals surface area contributed by atoms with Crippen LogP contribution in [0.25, 0.3) is 0 Å². The van der Waals surface area contributed by atoms with E-state index in [-0.39, 0.29) is 5.82 Å². The maximum atomic E-state index is 12.3. The number of nitrogens with two attached hydrogens (primary N) is 1. The van der Waals surface area contributed by atoms with Crippen molar-refractivity contribution in [1.82, 2.24) is 4.98 Å². The third-order valence-electron chi connectivity index (χ3n) is 1.53. The van der Waals surface area contributed by atoms with Crippen LogP contribution in [0.3, 0.4) is 0 Å². The first-order valence-electron chi connectivity index (χ1n) is 3.47. The molecule has 0 fully saturated rings. The topological polar surface area (TPSA) is 96.2 Å². The van der Waals surface area contributed by atoms with Crippen LogP contribution in [0.4, 0.5) is 14.6 Å². The molecule has 1 heterocycles. The second-order valence-corrected chi connectivity index (χ2v) is 2.49. The number of alkyl halides is 2. The van der Waals surface area contributed by atoms with Gasteiger partial charge in [0.2, 0.25) is 0 Å². The molecule has 0 saturated heterocycles. The number of carboxylic acids is 1. The van der Waals surface area contributed by atoms with Crippen LogP contribution in [-0.2, 0) is 0 Å². The van der Waals surface area contributed by atoms with Crippen LogP contribution in [0.15, 0.2) is 10.9 Å². The lowest BCUT2D eigenvalue weighted by Crippen LogP contribution is -2.21. The minimum atomic E-state index is -3.05. The van der Waals surface area contributed by atoms with Crippen molar-refractivity contribution in [2.75, 3.05) is 5.73 Å². The largest absolute Gasteiger partial charge is 0.477 e. The summed E-state index contributed by atoms with van der Waals surface area (Å²) in [5.74, 6) is -2.00. The number of aromatic nitrogens is 1. The molecule has 4 N–H and O–H groups in total. The van der Waals surface area contributed by atoms with E-state index in [4.69, 9.17) is 10.8 Å². The van der Waals surface area contributed by atoms with E-state index in [0.717, 1.165) is 6.07 Å². The highest BCUT2D eigenvalue weighted by molar-refractivity contribution is 5.89. The van der Waals surface area contributed by atoms with Crippen LogP contribution in [0.5, 0.6) is 0 Å². The van der Waals surface area contributed by atoms with Gasteiger partial charge in [0, 0.05) is 5.56 Å². The number of aromatic carboxylic acids is 1. The molecule has 1 rings (SSSR count). The molecular weight excluding hydrogens is 198 g/mol. The predicted octanol–water partition coefficient (Wildman–Crippen LogP) is 0.593.